The van der Waals surface area contributed by atoms with Crippen LogP contribution in [0, 0.1) is 23.7 Å². The molecule has 3 aliphatic rings. The molecule has 1 aromatic rings. The fraction of sp³-hybridized carbons (Fsp3) is 0.571. The number of amides is 3. The normalized spacial score (nSPS) is 33.5. The van der Waals surface area contributed by atoms with Crippen molar-refractivity contribution in [2.75, 3.05) is 11.9 Å². The summed E-state index contributed by atoms with van der Waals surface area (Å²) in [7, 11) is 0. The Hall–Kier alpha value is -1.21. The molecule has 2 saturated carbocycles. The maximum Gasteiger partial charge on any atom is 0.244 e. The van der Waals surface area contributed by atoms with Crippen molar-refractivity contribution in [2.24, 2.45) is 23.7 Å². The fourth-order valence-electron chi connectivity index (χ4n) is 5.29. The molecular weight excluding hydrogens is 488 g/mol. The van der Waals surface area contributed by atoms with Crippen LogP contribution in [-0.4, -0.2) is 38.8 Å². The summed E-state index contributed by atoms with van der Waals surface area (Å²) in [6, 6.07) is 5.98. The predicted octanol–water partition coefficient (Wildman–Crippen LogP) is 3.53. The van der Waals surface area contributed by atoms with Crippen molar-refractivity contribution in [1.29, 1.82) is 0 Å². The van der Waals surface area contributed by atoms with Gasteiger partial charge in [-0.15, -0.1) is 0 Å². The van der Waals surface area contributed by atoms with Gasteiger partial charge in [0.25, 0.3) is 0 Å². The van der Waals surface area contributed by atoms with Crippen LogP contribution in [-0.2, 0) is 27.2 Å². The van der Waals surface area contributed by atoms with E-state index < -0.39 is 0 Å². The van der Waals surface area contributed by atoms with Gasteiger partial charge in [-0.05, 0) is 42.2 Å². The van der Waals surface area contributed by atoms with E-state index in [9.17, 15) is 14.4 Å². The molecule has 1 N–H and O–H groups in total. The fourth-order valence-corrected chi connectivity index (χ4v) is 7.17. The van der Waals surface area contributed by atoms with E-state index in [-0.39, 0.29) is 57.6 Å². The summed E-state index contributed by atoms with van der Waals surface area (Å²) in [5.74, 6) is -0.902. The van der Waals surface area contributed by atoms with Gasteiger partial charge in [0, 0.05) is 15.3 Å². The van der Waals surface area contributed by atoms with E-state index in [0.29, 0.717) is 0 Å². The smallest absolute Gasteiger partial charge is 0.244 e. The number of hydrogen-bond donors (Lipinski definition) is 1. The Morgan fingerprint density at radius 2 is 1.54 bits per heavy atom. The Kier molecular flexibility index (Phi) is 5.42. The Morgan fingerprint density at radius 1 is 1.04 bits per heavy atom. The van der Waals surface area contributed by atoms with E-state index >= 15 is 0 Å². The highest BCUT2D eigenvalue weighted by Crippen LogP contribution is 2.60. The zero-order valence-corrected chi connectivity index (χ0v) is 19.1. The van der Waals surface area contributed by atoms with Gasteiger partial charge in [0.2, 0.25) is 17.7 Å². The molecule has 7 heteroatoms. The maximum atomic E-state index is 13.0. The second kappa shape index (κ2) is 7.56. The van der Waals surface area contributed by atoms with Gasteiger partial charge in [-0.3, -0.25) is 19.3 Å². The molecule has 2 bridgehead atoms. The Labute approximate surface area is 181 Å². The number of nitrogens with one attached hydrogen (secondary N) is 1. The second-order valence-corrected chi connectivity index (χ2v) is 10.1. The molecule has 5 nitrogen and oxygen atoms in total. The molecule has 150 valence electrons. The number of anilines is 1. The molecule has 0 unspecified atom stereocenters. The topological polar surface area (TPSA) is 66.5 Å². The minimum atomic E-state index is -0.310. The Bertz CT molecular complexity index is 789. The molecule has 6 atom stereocenters. The van der Waals surface area contributed by atoms with Crippen molar-refractivity contribution >= 4 is 55.3 Å². The van der Waals surface area contributed by atoms with Crippen molar-refractivity contribution in [3.63, 3.8) is 0 Å². The number of hydrogen-bond acceptors (Lipinski definition) is 3. The van der Waals surface area contributed by atoms with Gasteiger partial charge in [0.15, 0.2) is 0 Å². The number of halogens is 2. The van der Waals surface area contributed by atoms with Crippen LogP contribution in [0.15, 0.2) is 18.2 Å². The van der Waals surface area contributed by atoms with Gasteiger partial charge in [-0.25, -0.2) is 0 Å². The molecule has 28 heavy (non-hydrogen) atoms. The zero-order chi connectivity index (χ0) is 20.2. The molecule has 2 aliphatic carbocycles. The molecule has 0 radical (unpaired) electrons. The van der Waals surface area contributed by atoms with E-state index in [1.807, 2.05) is 32.0 Å². The summed E-state index contributed by atoms with van der Waals surface area (Å²) < 4.78 is 0. The van der Waals surface area contributed by atoms with Crippen molar-refractivity contribution < 1.29 is 14.4 Å². The number of para-hydroxylation sites is 1. The zero-order valence-electron chi connectivity index (χ0n) is 16.0. The van der Waals surface area contributed by atoms with Crippen LogP contribution < -0.4 is 5.32 Å². The third kappa shape index (κ3) is 2.96. The van der Waals surface area contributed by atoms with Crippen molar-refractivity contribution in [2.45, 2.75) is 42.8 Å². The van der Waals surface area contributed by atoms with E-state index in [1.54, 1.807) is 0 Å². The minimum absolute atomic E-state index is 0.163. The van der Waals surface area contributed by atoms with E-state index in [1.165, 1.54) is 4.90 Å². The first-order chi connectivity index (χ1) is 13.4. The number of benzene rings is 1. The largest absolute Gasteiger partial charge is 0.324 e. The van der Waals surface area contributed by atoms with Crippen LogP contribution in [0.2, 0.25) is 0 Å². The second-order valence-electron chi connectivity index (χ2n) is 7.97. The number of rotatable bonds is 5. The number of aryl methyl sites for hydroxylation is 2. The SMILES string of the molecule is CCc1cccc(CC)c1NC(=O)CN1C(=O)[C@@H]2[C@H]3C[C@@H]([C@H](Br)[C@@H]3Br)[C@@H]2C1=O. The number of alkyl halides is 2. The van der Waals surface area contributed by atoms with Crippen LogP contribution in [0.5, 0.6) is 0 Å². The van der Waals surface area contributed by atoms with Crippen LogP contribution in [0.25, 0.3) is 0 Å². The summed E-state index contributed by atoms with van der Waals surface area (Å²) >= 11 is 7.37. The molecule has 1 aromatic carbocycles. The first kappa shape index (κ1) is 20.1. The Morgan fingerprint density at radius 3 is 2.00 bits per heavy atom. The third-order valence-corrected chi connectivity index (χ3v) is 9.85. The van der Waals surface area contributed by atoms with Crippen LogP contribution in [0.1, 0.15) is 31.4 Å². The van der Waals surface area contributed by atoms with Gasteiger partial charge in [-0.1, -0.05) is 63.9 Å². The summed E-state index contributed by atoms with van der Waals surface area (Å²) in [5, 5.41) is 2.97. The lowest BCUT2D eigenvalue weighted by atomic mass is 9.81. The monoisotopic (exact) mass is 510 g/mol. The van der Waals surface area contributed by atoms with Crippen LogP contribution in [0.3, 0.4) is 0 Å². The molecule has 3 fully saturated rings. The number of likely N-dealkylation sites (tertiary alicyclic amines) is 1. The number of fused-ring (bicyclic) bond motifs is 5. The van der Waals surface area contributed by atoms with E-state index in [4.69, 9.17) is 0 Å². The summed E-state index contributed by atoms with van der Waals surface area (Å²) in [4.78, 5) is 40.3. The predicted molar refractivity (Wildman–Crippen MR) is 115 cm³/mol. The average Bonchev–Trinajstić information content (AvgIpc) is 3.29. The molecule has 0 aromatic heterocycles. The summed E-state index contributed by atoms with van der Waals surface area (Å²) in [6.07, 6.45) is 2.50. The van der Waals surface area contributed by atoms with Gasteiger partial charge in [0.1, 0.15) is 6.54 Å². The molecule has 1 heterocycles. The highest BCUT2D eigenvalue weighted by Gasteiger charge is 2.66. The summed E-state index contributed by atoms with van der Waals surface area (Å²) in [6.45, 7) is 3.88. The van der Waals surface area contributed by atoms with Crippen molar-refractivity contribution in [1.82, 2.24) is 4.90 Å². The van der Waals surface area contributed by atoms with E-state index in [2.05, 4.69) is 37.2 Å². The molecule has 4 rings (SSSR count). The lowest BCUT2D eigenvalue weighted by Gasteiger charge is -2.28. The highest BCUT2D eigenvalue weighted by atomic mass is 79.9. The van der Waals surface area contributed by atoms with Crippen molar-refractivity contribution in [3.8, 4) is 0 Å². The Balaban J connectivity index is 1.51. The first-order valence-corrected chi connectivity index (χ1v) is 11.8. The van der Waals surface area contributed by atoms with Gasteiger partial charge >= 0.3 is 0 Å². The number of imide groups is 1. The highest BCUT2D eigenvalue weighted by molar-refractivity contribution is 9.12. The third-order valence-electron chi connectivity index (χ3n) is 6.64. The quantitative estimate of drug-likeness (QED) is 0.485. The average molecular weight is 512 g/mol. The van der Waals surface area contributed by atoms with Crippen LogP contribution in [0.4, 0.5) is 5.69 Å². The minimum Gasteiger partial charge on any atom is -0.324 e. The van der Waals surface area contributed by atoms with Crippen LogP contribution >= 0.6 is 31.9 Å². The van der Waals surface area contributed by atoms with E-state index in [0.717, 1.165) is 36.1 Å². The molecular formula is C21H24Br2N2O3. The lowest BCUT2D eigenvalue weighted by Crippen LogP contribution is -2.39. The maximum absolute atomic E-state index is 13.0. The van der Waals surface area contributed by atoms with Crippen molar-refractivity contribution in [3.05, 3.63) is 29.3 Å². The summed E-state index contributed by atoms with van der Waals surface area (Å²) in [5.41, 5.74) is 2.94. The number of carbonyl (C=O) groups is 3. The number of nitrogens with zero attached hydrogens (tertiary/aromatic N) is 1. The molecule has 1 saturated heterocycles. The number of carbonyl (C=O) groups excluding carboxylic acids is 3. The van der Waals surface area contributed by atoms with Gasteiger partial charge in [-0.2, -0.15) is 0 Å². The molecule has 3 amide bonds. The van der Waals surface area contributed by atoms with Gasteiger partial charge < -0.3 is 5.32 Å². The molecule has 1 aliphatic heterocycles. The first-order valence-electron chi connectivity index (χ1n) is 9.92. The van der Waals surface area contributed by atoms with Gasteiger partial charge in [0.05, 0.1) is 11.8 Å². The standard InChI is InChI=1S/C21H24Br2N2O3/c1-3-10-6-5-7-11(4-2)19(10)24-14(26)9-25-20(27)15-12-8-13(16(15)21(25)28)18(23)17(12)22/h5-7,12-13,15-18H,3-4,8-9H2,1-2H3,(H,24,26)/t12-,13-,15-,16+,17-,18+/m1/s1. The molecule has 0 spiro atoms. The lowest BCUT2D eigenvalue weighted by molar-refractivity contribution is -0.143.